The van der Waals surface area contributed by atoms with Crippen molar-refractivity contribution in [2.45, 2.75) is 65.7 Å². The highest BCUT2D eigenvalue weighted by Crippen LogP contribution is 2.44. The van der Waals surface area contributed by atoms with Gasteiger partial charge in [0.15, 0.2) is 0 Å². The van der Waals surface area contributed by atoms with Crippen LogP contribution in [0.5, 0.6) is 0 Å². The van der Waals surface area contributed by atoms with Crippen LogP contribution >= 0.6 is 0 Å². The summed E-state index contributed by atoms with van der Waals surface area (Å²) >= 11 is 0. The van der Waals surface area contributed by atoms with E-state index in [9.17, 15) is 0 Å². The molecule has 1 aliphatic carbocycles. The highest BCUT2D eigenvalue weighted by atomic mass is 15.3. The summed E-state index contributed by atoms with van der Waals surface area (Å²) in [7, 11) is 1.96. The molecule has 1 saturated carbocycles. The Bertz CT molecular complexity index is 432. The van der Waals surface area contributed by atoms with Gasteiger partial charge >= 0.3 is 0 Å². The summed E-state index contributed by atoms with van der Waals surface area (Å²) in [6, 6.07) is 0. The first-order chi connectivity index (χ1) is 8.84. The summed E-state index contributed by atoms with van der Waals surface area (Å²) in [5.74, 6) is 2.34. The summed E-state index contributed by atoms with van der Waals surface area (Å²) in [5.41, 5.74) is 9.12. The van der Waals surface area contributed by atoms with Crippen molar-refractivity contribution in [2.75, 3.05) is 5.73 Å². The molecule has 0 bridgehead atoms. The fourth-order valence-corrected chi connectivity index (χ4v) is 3.53. The molecule has 3 heteroatoms. The number of nitrogens with two attached hydrogens (primary N) is 1. The van der Waals surface area contributed by atoms with Gasteiger partial charge in [-0.05, 0) is 43.4 Å². The van der Waals surface area contributed by atoms with Crippen LogP contribution in [0.25, 0.3) is 0 Å². The number of nitrogens with zero attached hydrogens (tertiary/aromatic N) is 2. The van der Waals surface area contributed by atoms with Crippen LogP contribution in [0.1, 0.15) is 70.6 Å². The molecule has 2 rings (SSSR count). The molecule has 0 amide bonds. The third kappa shape index (κ3) is 2.80. The summed E-state index contributed by atoms with van der Waals surface area (Å²) in [6.45, 7) is 9.29. The molecule has 0 spiro atoms. The molecule has 1 fully saturated rings. The maximum Gasteiger partial charge on any atom is 0.124 e. The average molecular weight is 263 g/mol. The maximum absolute atomic E-state index is 6.12. The van der Waals surface area contributed by atoms with Crippen molar-refractivity contribution in [1.82, 2.24) is 9.78 Å². The van der Waals surface area contributed by atoms with Crippen molar-refractivity contribution >= 4 is 5.82 Å². The highest BCUT2D eigenvalue weighted by molar-refractivity contribution is 5.44. The van der Waals surface area contributed by atoms with Crippen molar-refractivity contribution in [3.05, 3.63) is 11.3 Å². The lowest BCUT2D eigenvalue weighted by Gasteiger charge is -2.36. The summed E-state index contributed by atoms with van der Waals surface area (Å²) in [5, 5.41) is 4.68. The molecule has 2 N–H and O–H groups in total. The van der Waals surface area contributed by atoms with Crippen LogP contribution in [0.15, 0.2) is 0 Å². The van der Waals surface area contributed by atoms with E-state index in [4.69, 9.17) is 5.73 Å². The highest BCUT2D eigenvalue weighted by Gasteiger charge is 2.32. The molecule has 0 aromatic carbocycles. The average Bonchev–Trinajstić information content (AvgIpc) is 2.64. The Hall–Kier alpha value is -0.990. The molecule has 3 nitrogen and oxygen atoms in total. The minimum atomic E-state index is 0.446. The summed E-state index contributed by atoms with van der Waals surface area (Å²) < 4.78 is 1.85. The van der Waals surface area contributed by atoms with E-state index >= 15 is 0 Å². The molecular weight excluding hydrogens is 234 g/mol. The van der Waals surface area contributed by atoms with Gasteiger partial charge in [-0.2, -0.15) is 5.10 Å². The minimum Gasteiger partial charge on any atom is -0.384 e. The second-order valence-electron chi connectivity index (χ2n) is 7.14. The first kappa shape index (κ1) is 14.4. The number of rotatable bonds is 2. The number of aromatic nitrogens is 2. The van der Waals surface area contributed by atoms with Crippen molar-refractivity contribution in [3.8, 4) is 0 Å². The zero-order valence-electron chi connectivity index (χ0n) is 13.2. The van der Waals surface area contributed by atoms with Gasteiger partial charge in [0.1, 0.15) is 5.82 Å². The van der Waals surface area contributed by atoms with Gasteiger partial charge in [-0.3, -0.25) is 4.68 Å². The molecule has 1 aromatic heterocycles. The molecule has 0 atom stereocenters. The van der Waals surface area contributed by atoms with Crippen LogP contribution in [0.2, 0.25) is 0 Å². The van der Waals surface area contributed by atoms with Crippen LogP contribution in [0.4, 0.5) is 5.82 Å². The van der Waals surface area contributed by atoms with Gasteiger partial charge < -0.3 is 5.73 Å². The molecule has 0 aliphatic heterocycles. The maximum atomic E-state index is 6.12. The number of aryl methyl sites for hydroxylation is 1. The Labute approximate surface area is 117 Å². The van der Waals surface area contributed by atoms with Gasteiger partial charge in [-0.1, -0.05) is 27.7 Å². The van der Waals surface area contributed by atoms with Crippen molar-refractivity contribution in [1.29, 1.82) is 0 Å². The van der Waals surface area contributed by atoms with E-state index < -0.39 is 0 Å². The van der Waals surface area contributed by atoms with E-state index in [0.717, 1.165) is 18.2 Å². The Balaban J connectivity index is 2.12. The molecule has 19 heavy (non-hydrogen) atoms. The summed E-state index contributed by atoms with van der Waals surface area (Å²) in [4.78, 5) is 0. The second-order valence-corrected chi connectivity index (χ2v) is 7.14. The van der Waals surface area contributed by atoms with E-state index in [0.29, 0.717) is 11.3 Å². The van der Waals surface area contributed by atoms with Gasteiger partial charge in [0.05, 0.1) is 5.69 Å². The van der Waals surface area contributed by atoms with Crippen molar-refractivity contribution in [3.63, 3.8) is 0 Å². The van der Waals surface area contributed by atoms with Crippen molar-refractivity contribution < 1.29 is 0 Å². The van der Waals surface area contributed by atoms with Crippen LogP contribution in [-0.4, -0.2) is 9.78 Å². The lowest BCUT2D eigenvalue weighted by Crippen LogP contribution is -2.25. The Morgan fingerprint density at radius 1 is 1.21 bits per heavy atom. The third-order valence-corrected chi connectivity index (χ3v) is 4.92. The van der Waals surface area contributed by atoms with Crippen LogP contribution < -0.4 is 5.73 Å². The Kier molecular flexibility index (Phi) is 3.93. The van der Waals surface area contributed by atoms with Crippen LogP contribution in [0, 0.1) is 11.3 Å². The summed E-state index contributed by atoms with van der Waals surface area (Å²) in [6.07, 6.45) is 6.19. The smallest absolute Gasteiger partial charge is 0.124 e. The number of nitrogen functional groups attached to an aromatic ring is 1. The van der Waals surface area contributed by atoms with Crippen LogP contribution in [0.3, 0.4) is 0 Å². The zero-order valence-corrected chi connectivity index (χ0v) is 13.2. The van der Waals surface area contributed by atoms with Crippen molar-refractivity contribution in [2.24, 2.45) is 18.4 Å². The van der Waals surface area contributed by atoms with E-state index in [2.05, 4.69) is 32.8 Å². The SMILES string of the molecule is CCc1c(C2CCC(C(C)(C)C)CC2)nn(C)c1N. The predicted molar refractivity (Wildman–Crippen MR) is 81.2 cm³/mol. The lowest BCUT2D eigenvalue weighted by molar-refractivity contribution is 0.168. The van der Waals surface area contributed by atoms with Gasteiger partial charge in [0, 0.05) is 18.5 Å². The minimum absolute atomic E-state index is 0.446. The molecule has 108 valence electrons. The monoisotopic (exact) mass is 263 g/mol. The van der Waals surface area contributed by atoms with Gasteiger partial charge in [-0.15, -0.1) is 0 Å². The Morgan fingerprint density at radius 2 is 1.79 bits per heavy atom. The lowest BCUT2D eigenvalue weighted by atomic mass is 9.69. The molecule has 0 unspecified atom stereocenters. The first-order valence-corrected chi connectivity index (χ1v) is 7.65. The zero-order chi connectivity index (χ0) is 14.2. The van der Waals surface area contributed by atoms with E-state index in [1.807, 2.05) is 11.7 Å². The van der Waals surface area contributed by atoms with E-state index in [1.54, 1.807) is 0 Å². The van der Waals surface area contributed by atoms with Gasteiger partial charge in [-0.25, -0.2) is 0 Å². The molecule has 0 saturated heterocycles. The quantitative estimate of drug-likeness (QED) is 0.880. The number of anilines is 1. The fraction of sp³-hybridized carbons (Fsp3) is 0.812. The van der Waals surface area contributed by atoms with Gasteiger partial charge in [0.2, 0.25) is 0 Å². The van der Waals surface area contributed by atoms with Crippen LogP contribution in [-0.2, 0) is 13.5 Å². The second kappa shape index (κ2) is 5.18. The van der Waals surface area contributed by atoms with E-state index in [-0.39, 0.29) is 0 Å². The largest absolute Gasteiger partial charge is 0.384 e. The molecule has 1 aliphatic rings. The van der Waals surface area contributed by atoms with Gasteiger partial charge in [0.25, 0.3) is 0 Å². The number of hydrogen-bond donors (Lipinski definition) is 1. The fourth-order valence-electron chi connectivity index (χ4n) is 3.53. The van der Waals surface area contributed by atoms with E-state index in [1.165, 1.54) is 36.9 Å². The number of hydrogen-bond acceptors (Lipinski definition) is 2. The standard InChI is InChI=1S/C16H29N3/c1-6-13-14(18-19(5)15(13)17)11-7-9-12(10-8-11)16(2,3)4/h11-12H,6-10,17H2,1-5H3. The molecule has 1 aromatic rings. The normalized spacial score (nSPS) is 24.7. The topological polar surface area (TPSA) is 43.8 Å². The third-order valence-electron chi connectivity index (χ3n) is 4.92. The first-order valence-electron chi connectivity index (χ1n) is 7.65. The molecular formula is C16H29N3. The predicted octanol–water partition coefficient (Wildman–Crippen LogP) is 3.88. The molecule has 1 heterocycles. The molecule has 0 radical (unpaired) electrons. The Morgan fingerprint density at radius 3 is 2.26 bits per heavy atom.